The zero-order valence-corrected chi connectivity index (χ0v) is 13.6. The van der Waals surface area contributed by atoms with E-state index in [4.69, 9.17) is 0 Å². The van der Waals surface area contributed by atoms with Crippen molar-refractivity contribution in [1.82, 2.24) is 0 Å². The second-order valence-corrected chi connectivity index (χ2v) is 7.40. The average Bonchev–Trinajstić information content (AvgIpc) is 2.70. The van der Waals surface area contributed by atoms with E-state index >= 15 is 0 Å². The molecule has 0 aliphatic heterocycles. The van der Waals surface area contributed by atoms with Gasteiger partial charge in [-0.1, -0.05) is 0 Å². The molecule has 1 amide bonds. The van der Waals surface area contributed by atoms with Gasteiger partial charge in [0.05, 0.1) is 29.8 Å². The van der Waals surface area contributed by atoms with Crippen LogP contribution in [0.5, 0.6) is 5.75 Å². The molecule has 0 fully saturated rings. The number of amides is 1. The van der Waals surface area contributed by atoms with Crippen molar-refractivity contribution in [2.24, 2.45) is 0 Å². The molecule has 0 saturated heterocycles. The summed E-state index contributed by atoms with van der Waals surface area (Å²) >= 11 is 7.86. The number of nitro benzene ring substituents is 1. The lowest BCUT2D eigenvalue weighted by Gasteiger charge is -2.06. The van der Waals surface area contributed by atoms with E-state index < -0.39 is 10.8 Å². The lowest BCUT2D eigenvalue weighted by molar-refractivity contribution is -0.384. The van der Waals surface area contributed by atoms with Gasteiger partial charge in [0.15, 0.2) is 0 Å². The molecule has 0 aliphatic carbocycles. The summed E-state index contributed by atoms with van der Waals surface area (Å²) in [6.45, 7) is 0. The second kappa shape index (κ2) is 5.90. The van der Waals surface area contributed by atoms with Gasteiger partial charge in [0.1, 0.15) is 5.75 Å². The molecule has 20 heavy (non-hydrogen) atoms. The first-order valence-electron chi connectivity index (χ1n) is 5.12. The van der Waals surface area contributed by atoms with Crippen LogP contribution in [0.2, 0.25) is 0 Å². The molecule has 0 atom stereocenters. The van der Waals surface area contributed by atoms with Crippen molar-refractivity contribution < 1.29 is 14.8 Å². The Labute approximate surface area is 133 Å². The van der Waals surface area contributed by atoms with E-state index in [0.717, 1.165) is 9.85 Å². The van der Waals surface area contributed by atoms with E-state index in [9.17, 15) is 20.0 Å². The van der Waals surface area contributed by atoms with Crippen LogP contribution in [0.1, 0.15) is 10.4 Å². The molecule has 9 heteroatoms. The molecule has 0 unspecified atom stereocenters. The normalized spacial score (nSPS) is 10.3. The van der Waals surface area contributed by atoms with Crippen LogP contribution in [0.25, 0.3) is 0 Å². The number of nitrogens with one attached hydrogen (secondary N) is 1. The molecule has 0 radical (unpaired) electrons. The number of benzene rings is 1. The van der Waals surface area contributed by atoms with Crippen molar-refractivity contribution in [2.75, 3.05) is 5.32 Å². The van der Waals surface area contributed by atoms with Crippen LogP contribution in [0, 0.1) is 10.1 Å². The van der Waals surface area contributed by atoms with Crippen molar-refractivity contribution in [3.05, 3.63) is 47.5 Å². The number of halogens is 2. The lowest BCUT2D eigenvalue weighted by Crippen LogP contribution is -2.11. The van der Waals surface area contributed by atoms with Crippen LogP contribution in [0.4, 0.5) is 11.4 Å². The van der Waals surface area contributed by atoms with Crippen LogP contribution in [0.3, 0.4) is 0 Å². The minimum atomic E-state index is -0.627. The van der Waals surface area contributed by atoms with Crippen molar-refractivity contribution in [2.45, 2.75) is 0 Å². The summed E-state index contributed by atoms with van der Waals surface area (Å²) < 4.78 is 1.42. The quantitative estimate of drug-likeness (QED) is 0.442. The van der Waals surface area contributed by atoms with E-state index in [2.05, 4.69) is 37.2 Å². The van der Waals surface area contributed by atoms with Gasteiger partial charge in [-0.15, -0.1) is 11.3 Å². The third kappa shape index (κ3) is 3.17. The lowest BCUT2D eigenvalue weighted by atomic mass is 10.2. The number of phenolic OH excluding ortho intramolecular Hbond substituents is 1. The maximum atomic E-state index is 12.0. The summed E-state index contributed by atoms with van der Waals surface area (Å²) in [6.07, 6.45) is 0. The zero-order chi connectivity index (χ0) is 14.9. The maximum Gasteiger partial charge on any atom is 0.273 e. The topological polar surface area (TPSA) is 92.5 Å². The highest BCUT2D eigenvalue weighted by atomic mass is 79.9. The number of carbonyl (C=O) groups is 1. The van der Waals surface area contributed by atoms with Crippen LogP contribution in [-0.2, 0) is 0 Å². The van der Waals surface area contributed by atoms with Crippen molar-refractivity contribution in [1.29, 1.82) is 0 Å². The molecule has 0 aliphatic rings. The summed E-state index contributed by atoms with van der Waals surface area (Å²) in [7, 11) is 0. The van der Waals surface area contributed by atoms with Crippen LogP contribution in [-0.4, -0.2) is 15.9 Å². The standard InChI is InChI=1S/C11H6Br2N2O4S/c12-9-4-6(10(13)20-9)11(17)14-7-2-1-5(15(18)19)3-8(7)16/h1-4,16H,(H,14,17). The Morgan fingerprint density at radius 2 is 2.05 bits per heavy atom. The molecule has 6 nitrogen and oxygen atoms in total. The minimum absolute atomic E-state index is 0.106. The van der Waals surface area contributed by atoms with Crippen molar-refractivity contribution in [3.8, 4) is 5.75 Å². The average molecular weight is 422 g/mol. The molecule has 0 saturated carbocycles. The monoisotopic (exact) mass is 420 g/mol. The highest BCUT2D eigenvalue weighted by molar-refractivity contribution is 9.12. The van der Waals surface area contributed by atoms with Gasteiger partial charge in [0.25, 0.3) is 11.6 Å². The molecular formula is C11H6Br2N2O4S. The summed E-state index contributed by atoms with van der Waals surface area (Å²) in [5, 5.41) is 22.7. The molecule has 1 aromatic heterocycles. The number of non-ortho nitro benzene ring substituents is 1. The number of nitrogens with zero attached hydrogens (tertiary/aromatic N) is 1. The third-order valence-corrected chi connectivity index (χ3v) is 4.68. The van der Waals surface area contributed by atoms with Gasteiger partial charge >= 0.3 is 0 Å². The predicted octanol–water partition coefficient (Wildman–Crippen LogP) is 4.14. The van der Waals surface area contributed by atoms with Crippen LogP contribution in [0.15, 0.2) is 31.8 Å². The first-order chi connectivity index (χ1) is 9.38. The number of nitro groups is 1. The number of aromatic hydroxyl groups is 1. The number of anilines is 1. The molecule has 1 aromatic carbocycles. The molecule has 2 rings (SSSR count). The smallest absolute Gasteiger partial charge is 0.273 e. The van der Waals surface area contributed by atoms with E-state index in [1.54, 1.807) is 6.07 Å². The number of hydrogen-bond donors (Lipinski definition) is 2. The van der Waals surface area contributed by atoms with E-state index in [-0.39, 0.29) is 17.1 Å². The largest absolute Gasteiger partial charge is 0.506 e. The summed E-state index contributed by atoms with van der Waals surface area (Å²) in [5.74, 6) is -0.791. The second-order valence-electron chi connectivity index (χ2n) is 3.65. The number of rotatable bonds is 3. The van der Waals surface area contributed by atoms with Gasteiger partial charge in [-0.2, -0.15) is 0 Å². The molecular weight excluding hydrogens is 416 g/mol. The van der Waals surface area contributed by atoms with E-state index in [1.807, 2.05) is 0 Å². The van der Waals surface area contributed by atoms with Crippen LogP contribution < -0.4 is 5.32 Å². The van der Waals surface area contributed by atoms with Gasteiger partial charge in [-0.3, -0.25) is 14.9 Å². The Kier molecular flexibility index (Phi) is 4.41. The SMILES string of the molecule is O=C(Nc1ccc([N+](=O)[O-])cc1O)c1cc(Br)sc1Br. The van der Waals surface area contributed by atoms with Crippen molar-refractivity contribution in [3.63, 3.8) is 0 Å². The van der Waals surface area contributed by atoms with Gasteiger partial charge in [0, 0.05) is 6.07 Å². The van der Waals surface area contributed by atoms with Gasteiger partial charge < -0.3 is 10.4 Å². The molecule has 2 aromatic rings. The fourth-order valence-electron chi connectivity index (χ4n) is 1.42. The fourth-order valence-corrected chi connectivity index (χ4v) is 4.22. The fraction of sp³-hybridized carbons (Fsp3) is 0. The number of thiophene rings is 1. The Morgan fingerprint density at radius 3 is 2.55 bits per heavy atom. The van der Waals surface area contributed by atoms with E-state index in [1.165, 1.54) is 23.5 Å². The Bertz CT molecular complexity index is 702. The summed E-state index contributed by atoms with van der Waals surface area (Å²) in [6, 6.07) is 5.09. The Balaban J connectivity index is 2.24. The summed E-state index contributed by atoms with van der Waals surface area (Å²) in [4.78, 5) is 21.9. The Morgan fingerprint density at radius 1 is 1.35 bits per heavy atom. The highest BCUT2D eigenvalue weighted by Gasteiger charge is 2.16. The Hall–Kier alpha value is -1.45. The molecule has 0 spiro atoms. The molecule has 2 N–H and O–H groups in total. The first kappa shape index (κ1) is 14.9. The van der Waals surface area contributed by atoms with Crippen molar-refractivity contribution >= 4 is 60.5 Å². The maximum absolute atomic E-state index is 12.0. The molecule has 104 valence electrons. The molecule has 1 heterocycles. The predicted molar refractivity (Wildman–Crippen MR) is 82.4 cm³/mol. The van der Waals surface area contributed by atoms with Gasteiger partial charge in [-0.05, 0) is 44.0 Å². The molecule has 0 bridgehead atoms. The number of hydrogen-bond acceptors (Lipinski definition) is 5. The minimum Gasteiger partial charge on any atom is -0.506 e. The zero-order valence-electron chi connectivity index (χ0n) is 9.59. The first-order valence-corrected chi connectivity index (χ1v) is 7.52. The number of carbonyl (C=O) groups excluding carboxylic acids is 1. The number of phenols is 1. The highest BCUT2D eigenvalue weighted by Crippen LogP contribution is 2.33. The summed E-state index contributed by atoms with van der Waals surface area (Å²) in [5.41, 5.74) is 0.259. The van der Waals surface area contributed by atoms with Crippen LogP contribution >= 0.6 is 43.2 Å². The third-order valence-electron chi connectivity index (χ3n) is 2.34. The van der Waals surface area contributed by atoms with E-state index in [0.29, 0.717) is 9.35 Å². The van der Waals surface area contributed by atoms with Gasteiger partial charge in [0.2, 0.25) is 0 Å². The van der Waals surface area contributed by atoms with Gasteiger partial charge in [-0.25, -0.2) is 0 Å².